The summed E-state index contributed by atoms with van der Waals surface area (Å²) >= 11 is 0. The van der Waals surface area contributed by atoms with E-state index in [1.54, 1.807) is 18.2 Å². The lowest BCUT2D eigenvalue weighted by Crippen LogP contribution is -2.35. The molecule has 2 amide bonds. The molecule has 2 aromatic rings. The van der Waals surface area contributed by atoms with E-state index in [-0.39, 0.29) is 35.6 Å². The highest BCUT2D eigenvalue weighted by atomic mass is 32.2. The molecule has 25 heavy (non-hydrogen) atoms. The molecule has 7 heteroatoms. The Morgan fingerprint density at radius 1 is 1.16 bits per heavy atom. The zero-order valence-electron chi connectivity index (χ0n) is 13.7. The largest absolute Gasteiger partial charge is 0.348 e. The van der Waals surface area contributed by atoms with Gasteiger partial charge in [-0.15, -0.1) is 0 Å². The first kappa shape index (κ1) is 17.2. The summed E-state index contributed by atoms with van der Waals surface area (Å²) in [6.07, 6.45) is 1.44. The molecular formula is C18H18N2O4S. The minimum atomic E-state index is -3.26. The lowest BCUT2D eigenvalue weighted by atomic mass is 9.97. The number of para-hydroxylation sites is 1. The van der Waals surface area contributed by atoms with Gasteiger partial charge in [-0.05, 0) is 29.3 Å². The maximum absolute atomic E-state index is 12.3. The predicted molar refractivity (Wildman–Crippen MR) is 93.8 cm³/mol. The maximum Gasteiger partial charge on any atom is 0.226 e. The van der Waals surface area contributed by atoms with Gasteiger partial charge in [0.2, 0.25) is 11.8 Å². The Labute approximate surface area is 146 Å². The number of fused-ring (bicyclic) bond motifs is 1. The summed E-state index contributed by atoms with van der Waals surface area (Å²) in [5.41, 5.74) is 2.29. The average Bonchev–Trinajstić information content (AvgIpc) is 2.54. The Morgan fingerprint density at radius 2 is 1.84 bits per heavy atom. The van der Waals surface area contributed by atoms with Crippen molar-refractivity contribution in [3.8, 4) is 0 Å². The first-order valence-electron chi connectivity index (χ1n) is 7.80. The van der Waals surface area contributed by atoms with Crippen molar-refractivity contribution in [2.75, 3.05) is 11.6 Å². The number of hydrogen-bond donors (Lipinski definition) is 2. The van der Waals surface area contributed by atoms with Gasteiger partial charge in [0.1, 0.15) is 0 Å². The maximum atomic E-state index is 12.3. The van der Waals surface area contributed by atoms with Crippen molar-refractivity contribution in [3.05, 3.63) is 59.7 Å². The van der Waals surface area contributed by atoms with Crippen LogP contribution in [-0.2, 0) is 25.8 Å². The topological polar surface area (TPSA) is 92.3 Å². The summed E-state index contributed by atoms with van der Waals surface area (Å²) in [6.45, 7) is 0. The molecule has 0 spiro atoms. The van der Waals surface area contributed by atoms with Crippen molar-refractivity contribution >= 4 is 27.3 Å². The van der Waals surface area contributed by atoms with Crippen LogP contribution in [0.3, 0.4) is 0 Å². The van der Waals surface area contributed by atoms with Crippen molar-refractivity contribution in [1.82, 2.24) is 5.32 Å². The Morgan fingerprint density at radius 3 is 2.52 bits per heavy atom. The van der Waals surface area contributed by atoms with Crippen LogP contribution in [0.4, 0.5) is 5.69 Å². The van der Waals surface area contributed by atoms with Gasteiger partial charge < -0.3 is 10.6 Å². The Balaban J connectivity index is 1.70. The zero-order chi connectivity index (χ0) is 18.0. The molecule has 1 aliphatic rings. The molecule has 1 aliphatic heterocycles. The SMILES string of the molecule is CS(=O)(=O)c1ccc(CC(=O)N[C@@H]2CC(=O)Nc3ccccc32)cc1. The van der Waals surface area contributed by atoms with E-state index < -0.39 is 9.84 Å². The van der Waals surface area contributed by atoms with Crippen molar-refractivity contribution in [1.29, 1.82) is 0 Å². The van der Waals surface area contributed by atoms with Crippen molar-refractivity contribution < 1.29 is 18.0 Å². The molecule has 2 N–H and O–H groups in total. The molecule has 0 saturated carbocycles. The molecule has 1 atom stereocenters. The van der Waals surface area contributed by atoms with Gasteiger partial charge in [0.15, 0.2) is 9.84 Å². The number of benzene rings is 2. The molecule has 130 valence electrons. The van der Waals surface area contributed by atoms with E-state index in [2.05, 4.69) is 10.6 Å². The second-order valence-corrected chi connectivity index (χ2v) is 8.07. The number of carbonyl (C=O) groups excluding carboxylic acids is 2. The number of nitrogens with one attached hydrogen (secondary N) is 2. The fraction of sp³-hybridized carbons (Fsp3) is 0.222. The normalized spacial score (nSPS) is 16.7. The molecule has 2 aromatic carbocycles. The number of rotatable bonds is 4. The third kappa shape index (κ3) is 4.06. The fourth-order valence-corrected chi connectivity index (χ4v) is 3.46. The van der Waals surface area contributed by atoms with Crippen LogP contribution in [0.2, 0.25) is 0 Å². The Hall–Kier alpha value is -2.67. The van der Waals surface area contributed by atoms with Crippen LogP contribution < -0.4 is 10.6 Å². The quantitative estimate of drug-likeness (QED) is 0.872. The van der Waals surface area contributed by atoms with Crippen LogP contribution in [0, 0.1) is 0 Å². The number of amides is 2. The summed E-state index contributed by atoms with van der Waals surface area (Å²) < 4.78 is 22.9. The lowest BCUT2D eigenvalue weighted by molar-refractivity contribution is -0.122. The molecule has 3 rings (SSSR count). The second kappa shape index (κ2) is 6.68. The molecule has 0 unspecified atom stereocenters. The minimum Gasteiger partial charge on any atom is -0.348 e. The van der Waals surface area contributed by atoms with Gasteiger partial charge in [-0.25, -0.2) is 8.42 Å². The summed E-state index contributed by atoms with van der Waals surface area (Å²) in [6, 6.07) is 13.2. The highest BCUT2D eigenvalue weighted by molar-refractivity contribution is 7.90. The van der Waals surface area contributed by atoms with E-state index in [9.17, 15) is 18.0 Å². The van der Waals surface area contributed by atoms with Gasteiger partial charge in [-0.3, -0.25) is 9.59 Å². The summed E-state index contributed by atoms with van der Waals surface area (Å²) in [5.74, 6) is -0.358. The van der Waals surface area contributed by atoms with Crippen LogP contribution in [0.15, 0.2) is 53.4 Å². The van der Waals surface area contributed by atoms with Crippen LogP contribution >= 0.6 is 0 Å². The smallest absolute Gasteiger partial charge is 0.226 e. The van der Waals surface area contributed by atoms with Crippen molar-refractivity contribution in [2.24, 2.45) is 0 Å². The number of hydrogen-bond acceptors (Lipinski definition) is 4. The van der Waals surface area contributed by atoms with Crippen LogP contribution in [0.25, 0.3) is 0 Å². The van der Waals surface area contributed by atoms with Gasteiger partial charge in [-0.1, -0.05) is 30.3 Å². The predicted octanol–water partition coefficient (Wildman–Crippen LogP) is 1.83. The van der Waals surface area contributed by atoms with E-state index in [0.717, 1.165) is 11.8 Å². The highest BCUT2D eigenvalue weighted by Crippen LogP contribution is 2.29. The highest BCUT2D eigenvalue weighted by Gasteiger charge is 2.25. The first-order valence-corrected chi connectivity index (χ1v) is 9.69. The standard InChI is InChI=1S/C18H18N2O4S/c1-25(23,24)13-8-6-12(7-9-13)10-17(21)20-16-11-18(22)19-15-5-3-2-4-14(15)16/h2-9,16H,10-11H2,1H3,(H,19,22)(H,20,21)/t16-/m1/s1. The summed E-state index contributed by atoms with van der Waals surface area (Å²) in [5, 5.41) is 5.67. The molecule has 1 heterocycles. The third-order valence-electron chi connectivity index (χ3n) is 4.05. The van der Waals surface area contributed by atoms with E-state index >= 15 is 0 Å². The van der Waals surface area contributed by atoms with Gasteiger partial charge in [-0.2, -0.15) is 0 Å². The van der Waals surface area contributed by atoms with Gasteiger partial charge in [0.05, 0.1) is 23.8 Å². The van der Waals surface area contributed by atoms with E-state index in [1.165, 1.54) is 12.1 Å². The first-order chi connectivity index (χ1) is 11.8. The summed E-state index contributed by atoms with van der Waals surface area (Å²) in [7, 11) is -3.26. The average molecular weight is 358 g/mol. The zero-order valence-corrected chi connectivity index (χ0v) is 14.5. The molecule has 0 fully saturated rings. The Bertz CT molecular complexity index is 920. The Kier molecular flexibility index (Phi) is 4.59. The van der Waals surface area contributed by atoms with E-state index in [4.69, 9.17) is 0 Å². The van der Waals surface area contributed by atoms with Crippen molar-refractivity contribution in [2.45, 2.75) is 23.8 Å². The molecule has 0 radical (unpaired) electrons. The van der Waals surface area contributed by atoms with Gasteiger partial charge in [0, 0.05) is 11.9 Å². The van der Waals surface area contributed by atoms with Crippen molar-refractivity contribution in [3.63, 3.8) is 0 Å². The number of anilines is 1. The molecular weight excluding hydrogens is 340 g/mol. The third-order valence-corrected chi connectivity index (χ3v) is 5.18. The van der Waals surface area contributed by atoms with Gasteiger partial charge >= 0.3 is 0 Å². The fourth-order valence-electron chi connectivity index (χ4n) is 2.83. The van der Waals surface area contributed by atoms with E-state index in [0.29, 0.717) is 11.3 Å². The second-order valence-electron chi connectivity index (χ2n) is 6.05. The summed E-state index contributed by atoms with van der Waals surface area (Å²) in [4.78, 5) is 24.3. The van der Waals surface area contributed by atoms with Crippen LogP contribution in [0.1, 0.15) is 23.6 Å². The minimum absolute atomic E-state index is 0.115. The van der Waals surface area contributed by atoms with Crippen LogP contribution in [-0.4, -0.2) is 26.5 Å². The number of sulfone groups is 1. The van der Waals surface area contributed by atoms with Crippen LogP contribution in [0.5, 0.6) is 0 Å². The number of carbonyl (C=O) groups is 2. The molecule has 0 bridgehead atoms. The molecule has 0 saturated heterocycles. The van der Waals surface area contributed by atoms with E-state index in [1.807, 2.05) is 18.2 Å². The van der Waals surface area contributed by atoms with Gasteiger partial charge in [0.25, 0.3) is 0 Å². The monoisotopic (exact) mass is 358 g/mol. The lowest BCUT2D eigenvalue weighted by Gasteiger charge is -2.26. The molecule has 0 aromatic heterocycles. The molecule has 6 nitrogen and oxygen atoms in total. The molecule has 0 aliphatic carbocycles.